The lowest BCUT2D eigenvalue weighted by Gasteiger charge is -2.42. The van der Waals surface area contributed by atoms with Gasteiger partial charge in [-0.15, -0.1) is 0 Å². The molecular weight excluding hydrogens is 208 g/mol. The second kappa shape index (κ2) is 4.11. The lowest BCUT2D eigenvalue weighted by atomic mass is 9.73. The molecule has 0 bridgehead atoms. The zero-order valence-corrected chi connectivity index (χ0v) is 10.9. The van der Waals surface area contributed by atoms with E-state index in [0.29, 0.717) is 11.5 Å². The molecule has 2 nitrogen and oxygen atoms in total. The van der Waals surface area contributed by atoms with E-state index in [4.69, 9.17) is 0 Å². The number of nitrogens with zero attached hydrogens (tertiary/aromatic N) is 1. The fraction of sp³-hybridized carbons (Fsp3) is 0.600. The van der Waals surface area contributed by atoms with Gasteiger partial charge in [-0.1, -0.05) is 24.3 Å². The van der Waals surface area contributed by atoms with Crippen LogP contribution in [0.1, 0.15) is 30.0 Å². The van der Waals surface area contributed by atoms with Crippen LogP contribution in [0.25, 0.3) is 0 Å². The maximum Gasteiger partial charge on any atom is 0.0381 e. The van der Waals surface area contributed by atoms with E-state index >= 15 is 0 Å². The third kappa shape index (κ3) is 1.71. The fourth-order valence-corrected chi connectivity index (χ4v) is 3.78. The SMILES string of the molecule is CN[C@@H]1c2ccccc2CC12CCN(C)CC2. The third-order valence-electron chi connectivity index (χ3n) is 4.79. The van der Waals surface area contributed by atoms with E-state index in [0.717, 1.165) is 0 Å². The summed E-state index contributed by atoms with van der Waals surface area (Å²) in [6.07, 6.45) is 3.91. The Morgan fingerprint density at radius 3 is 2.65 bits per heavy atom. The van der Waals surface area contributed by atoms with Crippen molar-refractivity contribution in [2.24, 2.45) is 5.41 Å². The summed E-state index contributed by atoms with van der Waals surface area (Å²) < 4.78 is 0. The topological polar surface area (TPSA) is 15.3 Å². The molecule has 0 amide bonds. The maximum atomic E-state index is 3.58. The molecule has 1 N–H and O–H groups in total. The molecule has 1 heterocycles. The van der Waals surface area contributed by atoms with Gasteiger partial charge >= 0.3 is 0 Å². The molecule has 2 aliphatic rings. The Labute approximate surface area is 104 Å². The van der Waals surface area contributed by atoms with E-state index in [-0.39, 0.29) is 0 Å². The number of piperidine rings is 1. The van der Waals surface area contributed by atoms with Gasteiger partial charge in [-0.25, -0.2) is 0 Å². The van der Waals surface area contributed by atoms with Crippen LogP contribution in [0, 0.1) is 5.41 Å². The Morgan fingerprint density at radius 1 is 1.24 bits per heavy atom. The molecule has 1 saturated heterocycles. The van der Waals surface area contributed by atoms with Gasteiger partial charge in [-0.3, -0.25) is 0 Å². The van der Waals surface area contributed by atoms with Gasteiger partial charge in [0.1, 0.15) is 0 Å². The molecular formula is C15H22N2. The summed E-state index contributed by atoms with van der Waals surface area (Å²) in [5.74, 6) is 0. The second-order valence-electron chi connectivity index (χ2n) is 5.76. The van der Waals surface area contributed by atoms with Crippen molar-refractivity contribution in [2.45, 2.75) is 25.3 Å². The van der Waals surface area contributed by atoms with E-state index in [2.05, 4.69) is 48.6 Å². The van der Waals surface area contributed by atoms with Gasteiger partial charge in [0.25, 0.3) is 0 Å². The van der Waals surface area contributed by atoms with Crippen molar-refractivity contribution in [3.63, 3.8) is 0 Å². The maximum absolute atomic E-state index is 3.58. The van der Waals surface area contributed by atoms with Gasteiger partial charge in [-0.2, -0.15) is 0 Å². The Morgan fingerprint density at radius 2 is 1.94 bits per heavy atom. The van der Waals surface area contributed by atoms with Crippen molar-refractivity contribution < 1.29 is 0 Å². The number of likely N-dealkylation sites (tertiary alicyclic amines) is 1. The van der Waals surface area contributed by atoms with Crippen molar-refractivity contribution in [2.75, 3.05) is 27.2 Å². The van der Waals surface area contributed by atoms with E-state index in [1.807, 2.05) is 0 Å². The van der Waals surface area contributed by atoms with Crippen LogP contribution in [0.5, 0.6) is 0 Å². The number of fused-ring (bicyclic) bond motifs is 1. The Balaban J connectivity index is 1.94. The minimum absolute atomic E-state index is 0.477. The quantitative estimate of drug-likeness (QED) is 0.796. The van der Waals surface area contributed by atoms with Gasteiger partial charge in [-0.05, 0) is 63.0 Å². The fourth-order valence-electron chi connectivity index (χ4n) is 3.78. The van der Waals surface area contributed by atoms with Gasteiger partial charge in [0.15, 0.2) is 0 Å². The average Bonchev–Trinajstić information content (AvgIpc) is 2.66. The average molecular weight is 230 g/mol. The number of benzene rings is 1. The van der Waals surface area contributed by atoms with Crippen LogP contribution >= 0.6 is 0 Å². The van der Waals surface area contributed by atoms with Crippen LogP contribution in [0.3, 0.4) is 0 Å². The molecule has 3 rings (SSSR count). The van der Waals surface area contributed by atoms with Crippen LogP contribution in [0.4, 0.5) is 0 Å². The third-order valence-corrected chi connectivity index (χ3v) is 4.79. The molecule has 0 radical (unpaired) electrons. The van der Waals surface area contributed by atoms with Gasteiger partial charge in [0.05, 0.1) is 0 Å². The lowest BCUT2D eigenvalue weighted by molar-refractivity contribution is 0.0941. The van der Waals surface area contributed by atoms with Crippen molar-refractivity contribution in [3.8, 4) is 0 Å². The van der Waals surface area contributed by atoms with Crippen molar-refractivity contribution in [3.05, 3.63) is 35.4 Å². The highest BCUT2D eigenvalue weighted by atomic mass is 15.1. The zero-order valence-electron chi connectivity index (χ0n) is 10.9. The molecule has 1 aromatic rings. The Hall–Kier alpha value is -0.860. The van der Waals surface area contributed by atoms with E-state index in [1.165, 1.54) is 32.4 Å². The number of rotatable bonds is 1. The molecule has 17 heavy (non-hydrogen) atoms. The molecule has 1 aromatic carbocycles. The van der Waals surface area contributed by atoms with Gasteiger partial charge < -0.3 is 10.2 Å². The molecule has 1 aliphatic carbocycles. The Kier molecular flexibility index (Phi) is 2.72. The summed E-state index contributed by atoms with van der Waals surface area (Å²) in [7, 11) is 4.36. The predicted molar refractivity (Wildman–Crippen MR) is 71.1 cm³/mol. The van der Waals surface area contributed by atoms with Crippen LogP contribution in [0.2, 0.25) is 0 Å². The number of hydrogen-bond acceptors (Lipinski definition) is 2. The van der Waals surface area contributed by atoms with Crippen LogP contribution in [-0.4, -0.2) is 32.1 Å². The minimum Gasteiger partial charge on any atom is -0.313 e. The second-order valence-corrected chi connectivity index (χ2v) is 5.76. The van der Waals surface area contributed by atoms with Crippen molar-refractivity contribution >= 4 is 0 Å². The van der Waals surface area contributed by atoms with Crippen LogP contribution in [0.15, 0.2) is 24.3 Å². The summed E-state index contributed by atoms with van der Waals surface area (Å²) in [4.78, 5) is 2.46. The highest BCUT2D eigenvalue weighted by molar-refractivity contribution is 5.38. The van der Waals surface area contributed by atoms with E-state index in [9.17, 15) is 0 Å². The summed E-state index contributed by atoms with van der Waals surface area (Å²) in [6, 6.07) is 9.54. The van der Waals surface area contributed by atoms with Gasteiger partial charge in [0.2, 0.25) is 0 Å². The number of nitrogens with one attached hydrogen (secondary N) is 1. The molecule has 1 aliphatic heterocycles. The summed E-state index contributed by atoms with van der Waals surface area (Å²) in [5, 5.41) is 3.58. The largest absolute Gasteiger partial charge is 0.313 e. The molecule has 0 aromatic heterocycles. The highest BCUT2D eigenvalue weighted by Crippen LogP contribution is 2.51. The van der Waals surface area contributed by atoms with E-state index in [1.54, 1.807) is 11.1 Å². The predicted octanol–water partition coefficient (Wildman–Crippen LogP) is 2.22. The molecule has 1 spiro atoms. The molecule has 1 fully saturated rings. The number of hydrogen-bond donors (Lipinski definition) is 1. The van der Waals surface area contributed by atoms with Crippen molar-refractivity contribution in [1.29, 1.82) is 0 Å². The first-order valence-electron chi connectivity index (χ1n) is 6.69. The molecule has 0 unspecified atom stereocenters. The highest BCUT2D eigenvalue weighted by Gasteiger charge is 2.46. The van der Waals surface area contributed by atoms with Crippen LogP contribution in [-0.2, 0) is 6.42 Å². The normalized spacial score (nSPS) is 27.3. The first-order chi connectivity index (χ1) is 8.25. The van der Waals surface area contributed by atoms with Crippen molar-refractivity contribution in [1.82, 2.24) is 10.2 Å². The smallest absolute Gasteiger partial charge is 0.0381 e. The van der Waals surface area contributed by atoms with Gasteiger partial charge in [0, 0.05) is 6.04 Å². The van der Waals surface area contributed by atoms with E-state index < -0.39 is 0 Å². The summed E-state index contributed by atoms with van der Waals surface area (Å²) in [5.41, 5.74) is 3.58. The first-order valence-corrected chi connectivity index (χ1v) is 6.69. The molecule has 92 valence electrons. The Bertz CT molecular complexity index is 405. The molecule has 0 saturated carbocycles. The first kappa shape index (κ1) is 11.2. The standard InChI is InChI=1S/C15H22N2/c1-16-14-13-6-4-3-5-12(13)11-15(14)7-9-17(2)10-8-15/h3-6,14,16H,7-11H2,1-2H3/t14-/m1/s1. The molecule has 2 heteroatoms. The van der Waals surface area contributed by atoms with Crippen LogP contribution < -0.4 is 5.32 Å². The lowest BCUT2D eigenvalue weighted by Crippen LogP contribution is -2.43. The molecule has 1 atom stereocenters. The monoisotopic (exact) mass is 230 g/mol. The zero-order chi connectivity index (χ0) is 11.9. The summed E-state index contributed by atoms with van der Waals surface area (Å²) >= 11 is 0. The minimum atomic E-state index is 0.477. The summed E-state index contributed by atoms with van der Waals surface area (Å²) in [6.45, 7) is 2.48.